The van der Waals surface area contributed by atoms with Crippen LogP contribution in [0, 0.1) is 11.6 Å². The SMILES string of the molecule is O=C(Nc1c(F)cccc1F)c1cncc(NCCc2cccc(Cl)c2)c1. The number of rotatable bonds is 6. The molecular weight excluding hydrogens is 372 g/mol. The summed E-state index contributed by atoms with van der Waals surface area (Å²) in [5.74, 6) is -2.33. The number of carbonyl (C=O) groups excluding carboxylic acids is 1. The summed E-state index contributed by atoms with van der Waals surface area (Å²) in [4.78, 5) is 16.3. The summed E-state index contributed by atoms with van der Waals surface area (Å²) in [7, 11) is 0. The lowest BCUT2D eigenvalue weighted by Gasteiger charge is -2.10. The lowest BCUT2D eigenvalue weighted by Crippen LogP contribution is -2.15. The van der Waals surface area contributed by atoms with Crippen LogP contribution >= 0.6 is 11.6 Å². The molecule has 2 aromatic carbocycles. The zero-order valence-corrected chi connectivity index (χ0v) is 14.9. The molecule has 0 aliphatic heterocycles. The maximum Gasteiger partial charge on any atom is 0.257 e. The van der Waals surface area contributed by atoms with Crippen LogP contribution in [-0.4, -0.2) is 17.4 Å². The molecule has 27 heavy (non-hydrogen) atoms. The average molecular weight is 388 g/mol. The van der Waals surface area contributed by atoms with Crippen LogP contribution in [0.1, 0.15) is 15.9 Å². The van der Waals surface area contributed by atoms with E-state index in [0.29, 0.717) is 17.3 Å². The van der Waals surface area contributed by atoms with Crippen molar-refractivity contribution in [2.24, 2.45) is 0 Å². The number of benzene rings is 2. The molecule has 0 atom stereocenters. The summed E-state index contributed by atoms with van der Waals surface area (Å²) < 4.78 is 27.3. The Bertz CT molecular complexity index is 945. The van der Waals surface area contributed by atoms with Crippen LogP contribution in [0.3, 0.4) is 0 Å². The Morgan fingerprint density at radius 1 is 1.04 bits per heavy atom. The van der Waals surface area contributed by atoms with Gasteiger partial charge in [-0.2, -0.15) is 0 Å². The fraction of sp³-hybridized carbons (Fsp3) is 0.100. The maximum atomic E-state index is 13.7. The summed E-state index contributed by atoms with van der Waals surface area (Å²) in [5.41, 5.74) is 1.40. The fourth-order valence-electron chi connectivity index (χ4n) is 2.51. The highest BCUT2D eigenvalue weighted by molar-refractivity contribution is 6.30. The Labute approximate surface area is 160 Å². The molecule has 0 saturated heterocycles. The highest BCUT2D eigenvalue weighted by Gasteiger charge is 2.14. The lowest BCUT2D eigenvalue weighted by molar-refractivity contribution is 0.102. The predicted molar refractivity (Wildman–Crippen MR) is 102 cm³/mol. The van der Waals surface area contributed by atoms with Gasteiger partial charge in [0, 0.05) is 24.0 Å². The Kier molecular flexibility index (Phi) is 5.98. The molecule has 1 heterocycles. The highest BCUT2D eigenvalue weighted by Crippen LogP contribution is 2.19. The van der Waals surface area contributed by atoms with E-state index in [4.69, 9.17) is 11.6 Å². The Morgan fingerprint density at radius 3 is 2.52 bits per heavy atom. The molecule has 138 valence electrons. The minimum absolute atomic E-state index is 0.186. The average Bonchev–Trinajstić information content (AvgIpc) is 2.65. The van der Waals surface area contributed by atoms with E-state index in [0.717, 1.165) is 24.1 Å². The Morgan fingerprint density at radius 2 is 1.78 bits per heavy atom. The third kappa shape index (κ3) is 5.01. The maximum absolute atomic E-state index is 13.7. The summed E-state index contributed by atoms with van der Waals surface area (Å²) >= 11 is 5.96. The van der Waals surface area contributed by atoms with Crippen LogP contribution < -0.4 is 10.6 Å². The van der Waals surface area contributed by atoms with Gasteiger partial charge in [-0.15, -0.1) is 0 Å². The van der Waals surface area contributed by atoms with Gasteiger partial charge in [0.2, 0.25) is 0 Å². The van der Waals surface area contributed by atoms with Gasteiger partial charge >= 0.3 is 0 Å². The van der Waals surface area contributed by atoms with Gasteiger partial charge < -0.3 is 10.6 Å². The third-order valence-electron chi connectivity index (χ3n) is 3.83. The van der Waals surface area contributed by atoms with Crippen molar-refractivity contribution in [2.45, 2.75) is 6.42 Å². The second kappa shape index (κ2) is 8.60. The smallest absolute Gasteiger partial charge is 0.257 e. The van der Waals surface area contributed by atoms with Crippen LogP contribution in [0.4, 0.5) is 20.2 Å². The number of hydrogen-bond acceptors (Lipinski definition) is 3. The predicted octanol–water partition coefficient (Wildman–Crippen LogP) is 4.92. The molecule has 7 heteroatoms. The second-order valence-electron chi connectivity index (χ2n) is 5.82. The number of nitrogens with one attached hydrogen (secondary N) is 2. The molecule has 1 aromatic heterocycles. The van der Waals surface area contributed by atoms with Gasteiger partial charge in [0.05, 0.1) is 11.3 Å². The first kappa shape index (κ1) is 18.8. The van der Waals surface area contributed by atoms with Crippen molar-refractivity contribution < 1.29 is 13.6 Å². The zero-order chi connectivity index (χ0) is 19.2. The van der Waals surface area contributed by atoms with Crippen molar-refractivity contribution >= 4 is 28.9 Å². The van der Waals surface area contributed by atoms with Gasteiger partial charge in [0.15, 0.2) is 0 Å². The normalized spacial score (nSPS) is 10.5. The molecule has 2 N–H and O–H groups in total. The van der Waals surface area contributed by atoms with Gasteiger partial charge in [0.1, 0.15) is 17.3 Å². The number of hydrogen-bond donors (Lipinski definition) is 2. The second-order valence-corrected chi connectivity index (χ2v) is 6.26. The molecule has 4 nitrogen and oxygen atoms in total. The van der Waals surface area contributed by atoms with Crippen LogP contribution in [0.2, 0.25) is 5.02 Å². The monoisotopic (exact) mass is 387 g/mol. The van der Waals surface area contributed by atoms with Crippen LogP contribution in [0.5, 0.6) is 0 Å². The number of nitrogens with zero attached hydrogens (tertiary/aromatic N) is 1. The lowest BCUT2D eigenvalue weighted by atomic mass is 10.1. The molecule has 0 radical (unpaired) electrons. The van der Waals surface area contributed by atoms with E-state index in [-0.39, 0.29) is 5.56 Å². The van der Waals surface area contributed by atoms with Crippen molar-refractivity contribution in [1.82, 2.24) is 4.98 Å². The molecule has 0 aliphatic carbocycles. The minimum Gasteiger partial charge on any atom is -0.383 e. The first-order valence-corrected chi connectivity index (χ1v) is 8.59. The highest BCUT2D eigenvalue weighted by atomic mass is 35.5. The van der Waals surface area contributed by atoms with E-state index < -0.39 is 23.2 Å². The number of carbonyl (C=O) groups is 1. The van der Waals surface area contributed by atoms with Crippen LogP contribution in [-0.2, 0) is 6.42 Å². The van der Waals surface area contributed by atoms with Crippen molar-refractivity contribution in [2.75, 3.05) is 17.2 Å². The van der Waals surface area contributed by atoms with E-state index in [1.54, 1.807) is 12.3 Å². The summed E-state index contributed by atoms with van der Waals surface area (Å²) in [6.07, 6.45) is 3.63. The molecular formula is C20H16ClF2N3O. The molecule has 0 aliphatic rings. The largest absolute Gasteiger partial charge is 0.383 e. The number of halogens is 3. The number of anilines is 2. The van der Waals surface area contributed by atoms with Crippen molar-refractivity contribution in [1.29, 1.82) is 0 Å². The van der Waals surface area contributed by atoms with Gasteiger partial charge in [-0.05, 0) is 42.3 Å². The molecule has 0 unspecified atom stereocenters. The molecule has 3 aromatic rings. The van der Waals surface area contributed by atoms with E-state index in [1.807, 2.05) is 24.3 Å². The van der Waals surface area contributed by atoms with E-state index in [2.05, 4.69) is 15.6 Å². The number of aromatic nitrogens is 1. The topological polar surface area (TPSA) is 54.0 Å². The molecule has 1 amide bonds. The third-order valence-corrected chi connectivity index (χ3v) is 4.07. The summed E-state index contributed by atoms with van der Waals surface area (Å²) in [6.45, 7) is 0.606. The Hall–Kier alpha value is -2.99. The first-order valence-electron chi connectivity index (χ1n) is 8.21. The van der Waals surface area contributed by atoms with E-state index in [1.165, 1.54) is 12.3 Å². The minimum atomic E-state index is -0.841. The zero-order valence-electron chi connectivity index (χ0n) is 14.2. The quantitative estimate of drug-likeness (QED) is 0.631. The van der Waals surface area contributed by atoms with E-state index in [9.17, 15) is 13.6 Å². The summed E-state index contributed by atoms with van der Waals surface area (Å²) in [5, 5.41) is 6.07. The van der Waals surface area contributed by atoms with Crippen molar-refractivity contribution in [3.63, 3.8) is 0 Å². The van der Waals surface area contributed by atoms with Gasteiger partial charge in [-0.3, -0.25) is 9.78 Å². The molecule has 0 bridgehead atoms. The van der Waals surface area contributed by atoms with Crippen LogP contribution in [0.15, 0.2) is 60.9 Å². The first-order chi connectivity index (χ1) is 13.0. The number of pyridine rings is 1. The van der Waals surface area contributed by atoms with Crippen LogP contribution in [0.25, 0.3) is 0 Å². The number of amides is 1. The fourth-order valence-corrected chi connectivity index (χ4v) is 2.72. The van der Waals surface area contributed by atoms with Gasteiger partial charge in [-0.1, -0.05) is 29.8 Å². The molecule has 0 saturated carbocycles. The van der Waals surface area contributed by atoms with Gasteiger partial charge in [0.25, 0.3) is 5.91 Å². The van der Waals surface area contributed by atoms with Crippen molar-refractivity contribution in [3.8, 4) is 0 Å². The standard InChI is InChI=1S/C20H16ClF2N3O/c21-15-4-1-3-13(9-15)7-8-25-16-10-14(11-24-12-16)20(27)26-19-17(22)5-2-6-18(19)23/h1-6,9-12,25H,7-8H2,(H,26,27). The van der Waals surface area contributed by atoms with Gasteiger partial charge in [-0.25, -0.2) is 8.78 Å². The molecule has 0 fully saturated rings. The summed E-state index contributed by atoms with van der Waals surface area (Å²) in [6, 6.07) is 12.5. The molecule has 0 spiro atoms. The van der Waals surface area contributed by atoms with Crippen molar-refractivity contribution in [3.05, 3.63) is 88.7 Å². The number of para-hydroxylation sites is 1. The van der Waals surface area contributed by atoms with E-state index >= 15 is 0 Å². The Balaban J connectivity index is 1.63. The molecule has 3 rings (SSSR count).